The maximum Gasteiger partial charge on any atom is 0.246 e. The van der Waals surface area contributed by atoms with E-state index in [0.29, 0.717) is 6.04 Å². The molecule has 1 amide bonds. The third kappa shape index (κ3) is 1.26. The third-order valence-corrected chi connectivity index (χ3v) is 2.92. The van der Waals surface area contributed by atoms with Gasteiger partial charge in [0.1, 0.15) is 0 Å². The lowest BCUT2D eigenvalue weighted by molar-refractivity contribution is -0.127. The molecule has 2 heteroatoms. The summed E-state index contributed by atoms with van der Waals surface area (Å²) in [5, 5.41) is 0. The zero-order valence-corrected chi connectivity index (χ0v) is 7.33. The third-order valence-electron chi connectivity index (χ3n) is 2.92. The smallest absolute Gasteiger partial charge is 0.246 e. The van der Waals surface area contributed by atoms with Crippen LogP contribution in [-0.2, 0) is 4.79 Å². The molecule has 1 aliphatic heterocycles. The van der Waals surface area contributed by atoms with E-state index in [9.17, 15) is 4.79 Å². The lowest BCUT2D eigenvalue weighted by Crippen LogP contribution is -2.35. The number of hydrogen-bond acceptors (Lipinski definition) is 1. The van der Waals surface area contributed by atoms with Crippen LogP contribution in [0.3, 0.4) is 0 Å². The Labute approximate surface area is 73.2 Å². The molecule has 1 saturated carbocycles. The van der Waals surface area contributed by atoms with Crippen molar-refractivity contribution in [2.75, 3.05) is 6.54 Å². The fraction of sp³-hybridized carbons (Fsp3) is 0.700. The number of nitrogens with zero attached hydrogens (tertiary/aromatic N) is 1. The molecule has 1 aliphatic carbocycles. The maximum absolute atomic E-state index is 11.4. The van der Waals surface area contributed by atoms with E-state index < -0.39 is 0 Å². The van der Waals surface area contributed by atoms with Crippen LogP contribution in [0.4, 0.5) is 0 Å². The van der Waals surface area contributed by atoms with Crippen LogP contribution >= 0.6 is 0 Å². The molecule has 1 unspecified atom stereocenters. The average molecular weight is 165 g/mol. The summed E-state index contributed by atoms with van der Waals surface area (Å²) < 4.78 is 0. The van der Waals surface area contributed by atoms with Crippen LogP contribution in [0.15, 0.2) is 12.7 Å². The Morgan fingerprint density at radius 2 is 2.17 bits per heavy atom. The first-order chi connectivity index (χ1) is 5.83. The van der Waals surface area contributed by atoms with Gasteiger partial charge in [-0.2, -0.15) is 0 Å². The summed E-state index contributed by atoms with van der Waals surface area (Å²) in [6.07, 6.45) is 6.49. The second-order valence-electron chi connectivity index (χ2n) is 3.78. The standard InChI is InChI=1S/C10H15NO/c1-2-10(12)11-7-3-4-9(11)8-5-6-8/h2,8-9H,1,3-7H2. The van der Waals surface area contributed by atoms with Gasteiger partial charge in [-0.15, -0.1) is 0 Å². The zero-order valence-electron chi connectivity index (χ0n) is 7.33. The highest BCUT2D eigenvalue weighted by Crippen LogP contribution is 2.39. The van der Waals surface area contributed by atoms with E-state index in [1.165, 1.54) is 31.8 Å². The van der Waals surface area contributed by atoms with E-state index in [1.54, 1.807) is 0 Å². The Morgan fingerprint density at radius 1 is 1.42 bits per heavy atom. The zero-order chi connectivity index (χ0) is 8.55. The Balaban J connectivity index is 2.02. The molecule has 0 bridgehead atoms. The summed E-state index contributed by atoms with van der Waals surface area (Å²) in [6.45, 7) is 4.48. The highest BCUT2D eigenvalue weighted by atomic mass is 16.2. The molecular weight excluding hydrogens is 150 g/mol. The van der Waals surface area contributed by atoms with Crippen molar-refractivity contribution < 1.29 is 4.79 Å². The Kier molecular flexibility index (Phi) is 1.91. The van der Waals surface area contributed by atoms with Crippen molar-refractivity contribution in [3.05, 3.63) is 12.7 Å². The van der Waals surface area contributed by atoms with Crippen molar-refractivity contribution in [3.8, 4) is 0 Å². The predicted octanol–water partition coefficient (Wildman–Crippen LogP) is 1.57. The number of hydrogen-bond donors (Lipinski definition) is 0. The van der Waals surface area contributed by atoms with Gasteiger partial charge in [0.25, 0.3) is 0 Å². The average Bonchev–Trinajstić information content (AvgIpc) is 2.83. The molecule has 12 heavy (non-hydrogen) atoms. The first-order valence-electron chi connectivity index (χ1n) is 4.76. The number of rotatable bonds is 2. The van der Waals surface area contributed by atoms with Crippen LogP contribution in [0.25, 0.3) is 0 Å². The normalized spacial score (nSPS) is 29.0. The quantitative estimate of drug-likeness (QED) is 0.569. The number of carbonyl (C=O) groups excluding carboxylic acids is 1. The van der Waals surface area contributed by atoms with Gasteiger partial charge in [0, 0.05) is 12.6 Å². The first-order valence-corrected chi connectivity index (χ1v) is 4.76. The molecule has 1 heterocycles. The summed E-state index contributed by atoms with van der Waals surface area (Å²) in [5.41, 5.74) is 0. The molecule has 0 radical (unpaired) electrons. The lowest BCUT2D eigenvalue weighted by Gasteiger charge is -2.22. The van der Waals surface area contributed by atoms with Crippen molar-refractivity contribution in [2.24, 2.45) is 5.92 Å². The van der Waals surface area contributed by atoms with E-state index >= 15 is 0 Å². The molecule has 2 fully saturated rings. The Morgan fingerprint density at radius 3 is 2.75 bits per heavy atom. The number of likely N-dealkylation sites (tertiary alicyclic amines) is 1. The molecule has 2 nitrogen and oxygen atoms in total. The topological polar surface area (TPSA) is 20.3 Å². The van der Waals surface area contributed by atoms with Crippen molar-refractivity contribution in [1.29, 1.82) is 0 Å². The lowest BCUT2D eigenvalue weighted by atomic mass is 10.1. The molecule has 2 rings (SSSR count). The summed E-state index contributed by atoms with van der Waals surface area (Å²) in [4.78, 5) is 13.4. The summed E-state index contributed by atoms with van der Waals surface area (Å²) in [7, 11) is 0. The predicted molar refractivity (Wildman–Crippen MR) is 47.7 cm³/mol. The van der Waals surface area contributed by atoms with Crippen molar-refractivity contribution in [1.82, 2.24) is 4.90 Å². The molecule has 0 N–H and O–H groups in total. The molecular formula is C10H15NO. The molecule has 0 aromatic heterocycles. The first kappa shape index (κ1) is 7.84. The Hall–Kier alpha value is -0.790. The van der Waals surface area contributed by atoms with Gasteiger partial charge >= 0.3 is 0 Å². The van der Waals surface area contributed by atoms with Crippen molar-refractivity contribution in [3.63, 3.8) is 0 Å². The second-order valence-corrected chi connectivity index (χ2v) is 3.78. The number of carbonyl (C=O) groups is 1. The summed E-state index contributed by atoms with van der Waals surface area (Å²) in [6, 6.07) is 0.551. The Bertz CT molecular complexity index is 208. The molecule has 1 atom stereocenters. The van der Waals surface area contributed by atoms with Gasteiger partial charge in [-0.1, -0.05) is 6.58 Å². The van der Waals surface area contributed by atoms with E-state index in [4.69, 9.17) is 0 Å². The monoisotopic (exact) mass is 165 g/mol. The van der Waals surface area contributed by atoms with Crippen LogP contribution in [0, 0.1) is 5.92 Å². The molecule has 0 spiro atoms. The fourth-order valence-electron chi connectivity index (χ4n) is 2.15. The molecule has 66 valence electrons. The van der Waals surface area contributed by atoms with Crippen LogP contribution in [0.2, 0.25) is 0 Å². The molecule has 0 aromatic rings. The number of amides is 1. The minimum Gasteiger partial charge on any atom is -0.336 e. The minimum atomic E-state index is 0.129. The van der Waals surface area contributed by atoms with E-state index in [1.807, 2.05) is 4.90 Å². The molecule has 1 saturated heterocycles. The van der Waals surface area contributed by atoms with Crippen molar-refractivity contribution >= 4 is 5.91 Å². The second kappa shape index (κ2) is 2.92. The highest BCUT2D eigenvalue weighted by Gasteiger charge is 2.39. The largest absolute Gasteiger partial charge is 0.336 e. The van der Waals surface area contributed by atoms with E-state index in [2.05, 4.69) is 6.58 Å². The maximum atomic E-state index is 11.4. The van der Waals surface area contributed by atoms with Gasteiger partial charge < -0.3 is 4.90 Å². The SMILES string of the molecule is C=CC(=O)N1CCCC1C1CC1. The minimum absolute atomic E-state index is 0.129. The van der Waals surface area contributed by atoms with Gasteiger partial charge in [0.2, 0.25) is 5.91 Å². The molecule has 2 aliphatic rings. The van der Waals surface area contributed by atoms with Gasteiger partial charge in [0.05, 0.1) is 0 Å². The van der Waals surface area contributed by atoms with Gasteiger partial charge in [0.15, 0.2) is 0 Å². The van der Waals surface area contributed by atoms with Crippen LogP contribution in [0.1, 0.15) is 25.7 Å². The van der Waals surface area contributed by atoms with Crippen molar-refractivity contribution in [2.45, 2.75) is 31.7 Å². The molecule has 0 aromatic carbocycles. The highest BCUT2D eigenvalue weighted by molar-refractivity contribution is 5.87. The summed E-state index contributed by atoms with van der Waals surface area (Å²) >= 11 is 0. The van der Waals surface area contributed by atoms with Gasteiger partial charge in [-0.3, -0.25) is 4.79 Å². The van der Waals surface area contributed by atoms with E-state index in [0.717, 1.165) is 12.5 Å². The van der Waals surface area contributed by atoms with Gasteiger partial charge in [-0.05, 0) is 37.7 Å². The fourth-order valence-corrected chi connectivity index (χ4v) is 2.15. The van der Waals surface area contributed by atoms with E-state index in [-0.39, 0.29) is 5.91 Å². The summed E-state index contributed by atoms with van der Waals surface area (Å²) in [5.74, 6) is 0.945. The van der Waals surface area contributed by atoms with Crippen LogP contribution in [0.5, 0.6) is 0 Å². The van der Waals surface area contributed by atoms with Crippen LogP contribution < -0.4 is 0 Å². The van der Waals surface area contributed by atoms with Gasteiger partial charge in [-0.25, -0.2) is 0 Å². The van der Waals surface area contributed by atoms with Crippen LogP contribution in [-0.4, -0.2) is 23.4 Å².